The highest BCUT2D eigenvalue weighted by Crippen LogP contribution is 2.35. The quantitative estimate of drug-likeness (QED) is 0.693. The van der Waals surface area contributed by atoms with Gasteiger partial charge in [0, 0.05) is 6.04 Å². The minimum Gasteiger partial charge on any atom is -0.328 e. The zero-order valence-electron chi connectivity index (χ0n) is 8.67. The Balaban J connectivity index is 1.56. The molecule has 0 heterocycles. The Labute approximate surface area is 82.1 Å². The monoisotopic (exact) mass is 181 g/mol. The standard InChI is InChI=1S/C12H23N/c13-12(8-7-10-5-6-10)9-11-3-1-2-4-11/h10-12H,1-9,13H2. The lowest BCUT2D eigenvalue weighted by molar-refractivity contribution is 0.414. The van der Waals surface area contributed by atoms with Gasteiger partial charge in [0.25, 0.3) is 0 Å². The molecule has 0 amide bonds. The molecule has 0 aromatic rings. The molecule has 2 saturated carbocycles. The van der Waals surface area contributed by atoms with E-state index >= 15 is 0 Å². The van der Waals surface area contributed by atoms with E-state index in [-0.39, 0.29) is 0 Å². The van der Waals surface area contributed by atoms with Crippen LogP contribution < -0.4 is 5.73 Å². The lowest BCUT2D eigenvalue weighted by Gasteiger charge is -2.15. The Morgan fingerprint density at radius 2 is 1.69 bits per heavy atom. The summed E-state index contributed by atoms with van der Waals surface area (Å²) in [6, 6.07) is 0.517. The van der Waals surface area contributed by atoms with Crippen LogP contribution in [0.5, 0.6) is 0 Å². The molecule has 2 fully saturated rings. The van der Waals surface area contributed by atoms with Gasteiger partial charge in [-0.3, -0.25) is 0 Å². The first kappa shape index (κ1) is 9.51. The van der Waals surface area contributed by atoms with Gasteiger partial charge >= 0.3 is 0 Å². The lowest BCUT2D eigenvalue weighted by Crippen LogP contribution is -2.22. The maximum absolute atomic E-state index is 6.13. The van der Waals surface area contributed by atoms with Crippen molar-refractivity contribution < 1.29 is 0 Å². The van der Waals surface area contributed by atoms with Crippen LogP contribution in [0, 0.1) is 11.8 Å². The van der Waals surface area contributed by atoms with Crippen molar-refractivity contribution in [3.63, 3.8) is 0 Å². The summed E-state index contributed by atoms with van der Waals surface area (Å²) in [6.45, 7) is 0. The van der Waals surface area contributed by atoms with Gasteiger partial charge in [-0.15, -0.1) is 0 Å². The van der Waals surface area contributed by atoms with Crippen LogP contribution in [0.1, 0.15) is 57.8 Å². The zero-order valence-corrected chi connectivity index (χ0v) is 8.67. The second-order valence-electron chi connectivity index (χ2n) is 5.17. The molecule has 0 radical (unpaired) electrons. The average molecular weight is 181 g/mol. The Morgan fingerprint density at radius 1 is 1.00 bits per heavy atom. The maximum atomic E-state index is 6.13. The van der Waals surface area contributed by atoms with Crippen molar-refractivity contribution >= 4 is 0 Å². The van der Waals surface area contributed by atoms with Crippen LogP contribution in [0.4, 0.5) is 0 Å². The van der Waals surface area contributed by atoms with Crippen molar-refractivity contribution in [3.8, 4) is 0 Å². The minimum absolute atomic E-state index is 0.517. The molecular weight excluding hydrogens is 158 g/mol. The van der Waals surface area contributed by atoms with Gasteiger partial charge in [0.05, 0.1) is 0 Å². The number of hydrogen-bond donors (Lipinski definition) is 1. The Morgan fingerprint density at radius 3 is 2.31 bits per heavy atom. The van der Waals surface area contributed by atoms with E-state index in [1.165, 1.54) is 57.8 Å². The molecule has 1 atom stereocenters. The van der Waals surface area contributed by atoms with Gasteiger partial charge in [0.15, 0.2) is 0 Å². The van der Waals surface area contributed by atoms with Crippen molar-refractivity contribution in [2.45, 2.75) is 63.8 Å². The third kappa shape index (κ3) is 3.30. The summed E-state index contributed by atoms with van der Waals surface area (Å²) >= 11 is 0. The number of nitrogens with two attached hydrogens (primary N) is 1. The second kappa shape index (κ2) is 4.45. The van der Waals surface area contributed by atoms with Gasteiger partial charge < -0.3 is 5.73 Å². The summed E-state index contributed by atoms with van der Waals surface area (Å²) in [4.78, 5) is 0. The molecular formula is C12H23N. The fourth-order valence-electron chi connectivity index (χ4n) is 2.65. The third-order valence-electron chi connectivity index (χ3n) is 3.75. The predicted octanol–water partition coefficient (Wildman–Crippen LogP) is 3.08. The normalized spacial score (nSPS) is 26.5. The summed E-state index contributed by atoms with van der Waals surface area (Å²) in [7, 11) is 0. The van der Waals surface area contributed by atoms with Crippen molar-refractivity contribution in [2.75, 3.05) is 0 Å². The summed E-state index contributed by atoms with van der Waals surface area (Å²) in [5.41, 5.74) is 6.13. The van der Waals surface area contributed by atoms with E-state index in [0.29, 0.717) is 6.04 Å². The maximum Gasteiger partial charge on any atom is 0.00415 e. The van der Waals surface area contributed by atoms with Crippen LogP contribution >= 0.6 is 0 Å². The fraction of sp³-hybridized carbons (Fsp3) is 1.00. The molecule has 0 aromatic heterocycles. The number of rotatable bonds is 5. The highest BCUT2D eigenvalue weighted by atomic mass is 14.6. The topological polar surface area (TPSA) is 26.0 Å². The number of hydrogen-bond acceptors (Lipinski definition) is 1. The van der Waals surface area contributed by atoms with Gasteiger partial charge in [-0.1, -0.05) is 38.5 Å². The Bertz CT molecular complexity index is 145. The highest BCUT2D eigenvalue weighted by molar-refractivity contribution is 4.78. The molecule has 1 nitrogen and oxygen atoms in total. The van der Waals surface area contributed by atoms with Gasteiger partial charge in [-0.25, -0.2) is 0 Å². The molecule has 2 aliphatic carbocycles. The minimum atomic E-state index is 0.517. The molecule has 76 valence electrons. The van der Waals surface area contributed by atoms with E-state index < -0.39 is 0 Å². The van der Waals surface area contributed by atoms with Gasteiger partial charge in [-0.05, 0) is 31.1 Å². The van der Waals surface area contributed by atoms with Crippen LogP contribution in [0.25, 0.3) is 0 Å². The smallest absolute Gasteiger partial charge is 0.00415 e. The summed E-state index contributed by atoms with van der Waals surface area (Å²) in [5.74, 6) is 2.05. The van der Waals surface area contributed by atoms with Crippen LogP contribution in [-0.4, -0.2) is 6.04 Å². The molecule has 0 spiro atoms. The van der Waals surface area contributed by atoms with Gasteiger partial charge in [-0.2, -0.15) is 0 Å². The Kier molecular flexibility index (Phi) is 3.26. The first-order chi connectivity index (χ1) is 6.34. The van der Waals surface area contributed by atoms with E-state index in [0.717, 1.165) is 11.8 Å². The first-order valence-corrected chi connectivity index (χ1v) is 6.10. The van der Waals surface area contributed by atoms with Crippen molar-refractivity contribution in [2.24, 2.45) is 17.6 Å². The summed E-state index contributed by atoms with van der Waals surface area (Å²) in [6.07, 6.45) is 12.8. The van der Waals surface area contributed by atoms with E-state index in [1.54, 1.807) is 0 Å². The van der Waals surface area contributed by atoms with Gasteiger partial charge in [0.1, 0.15) is 0 Å². The first-order valence-electron chi connectivity index (χ1n) is 6.10. The summed E-state index contributed by atoms with van der Waals surface area (Å²) in [5, 5.41) is 0. The van der Waals surface area contributed by atoms with Crippen LogP contribution in [0.3, 0.4) is 0 Å². The average Bonchev–Trinajstić information content (AvgIpc) is 2.82. The molecule has 2 aliphatic rings. The molecule has 13 heavy (non-hydrogen) atoms. The molecule has 0 saturated heterocycles. The fourth-order valence-corrected chi connectivity index (χ4v) is 2.65. The van der Waals surface area contributed by atoms with Crippen molar-refractivity contribution in [1.29, 1.82) is 0 Å². The molecule has 1 unspecified atom stereocenters. The van der Waals surface area contributed by atoms with Crippen molar-refractivity contribution in [3.05, 3.63) is 0 Å². The molecule has 1 heteroatoms. The van der Waals surface area contributed by atoms with E-state index in [9.17, 15) is 0 Å². The van der Waals surface area contributed by atoms with Crippen LogP contribution in [-0.2, 0) is 0 Å². The highest BCUT2D eigenvalue weighted by Gasteiger charge is 2.23. The van der Waals surface area contributed by atoms with E-state index in [2.05, 4.69) is 0 Å². The molecule has 0 aliphatic heterocycles. The van der Waals surface area contributed by atoms with E-state index in [4.69, 9.17) is 5.73 Å². The largest absolute Gasteiger partial charge is 0.328 e. The second-order valence-corrected chi connectivity index (χ2v) is 5.17. The molecule has 2 N–H and O–H groups in total. The van der Waals surface area contributed by atoms with Gasteiger partial charge in [0.2, 0.25) is 0 Å². The predicted molar refractivity (Wildman–Crippen MR) is 56.5 cm³/mol. The molecule has 2 rings (SSSR count). The Hall–Kier alpha value is -0.0400. The van der Waals surface area contributed by atoms with Crippen LogP contribution in [0.15, 0.2) is 0 Å². The zero-order chi connectivity index (χ0) is 9.10. The summed E-state index contributed by atoms with van der Waals surface area (Å²) < 4.78 is 0. The van der Waals surface area contributed by atoms with Crippen molar-refractivity contribution in [1.82, 2.24) is 0 Å². The third-order valence-corrected chi connectivity index (χ3v) is 3.75. The molecule has 0 bridgehead atoms. The molecule has 0 aromatic carbocycles. The van der Waals surface area contributed by atoms with Crippen LogP contribution in [0.2, 0.25) is 0 Å². The lowest BCUT2D eigenvalue weighted by atomic mass is 9.95. The SMILES string of the molecule is NC(CCC1CC1)CC1CCCC1. The van der Waals surface area contributed by atoms with E-state index in [1.807, 2.05) is 0 Å².